The number of hydrogen-bond acceptors (Lipinski definition) is 5. The van der Waals surface area contributed by atoms with E-state index in [1.165, 1.54) is 5.56 Å². The van der Waals surface area contributed by atoms with Crippen LogP contribution in [0.25, 0.3) is 11.0 Å². The summed E-state index contributed by atoms with van der Waals surface area (Å²) in [7, 11) is 3.33. The second-order valence-electron chi connectivity index (χ2n) is 7.18. The van der Waals surface area contributed by atoms with Crippen molar-refractivity contribution >= 4 is 22.4 Å². The molecule has 3 aromatic carbocycles. The molecule has 1 aliphatic heterocycles. The van der Waals surface area contributed by atoms with Crippen LogP contribution in [0.1, 0.15) is 23.6 Å². The Morgan fingerprint density at radius 1 is 0.933 bits per heavy atom. The van der Waals surface area contributed by atoms with Gasteiger partial charge < -0.3 is 13.9 Å². The molecule has 0 aliphatic carbocycles. The van der Waals surface area contributed by atoms with Gasteiger partial charge in [-0.2, -0.15) is 5.10 Å². The number of ether oxygens (including phenoxy) is 2. The fourth-order valence-corrected chi connectivity index (χ4v) is 4.12. The van der Waals surface area contributed by atoms with Crippen molar-refractivity contribution in [3.63, 3.8) is 0 Å². The second kappa shape index (κ2) is 7.59. The standard InChI is InChI=1S/C25H22N2O3/c1-28-23-16-22-19(13-14-30-22)25(29-2)24(23)20-15-21(17-9-5-3-6-10-17)27(26-20)18-11-7-4-8-12-18/h3-14,16,21H,15H2,1-2H3/t21-/m1/s1. The maximum atomic E-state index is 5.81. The normalized spacial score (nSPS) is 16.0. The van der Waals surface area contributed by atoms with Crippen LogP contribution in [0.5, 0.6) is 11.5 Å². The number of nitrogens with zero attached hydrogens (tertiary/aromatic N) is 2. The smallest absolute Gasteiger partial charge is 0.142 e. The average Bonchev–Trinajstić information content (AvgIpc) is 3.46. The highest BCUT2D eigenvalue weighted by atomic mass is 16.5. The Morgan fingerprint density at radius 2 is 1.67 bits per heavy atom. The van der Waals surface area contributed by atoms with Gasteiger partial charge in [-0.05, 0) is 23.8 Å². The number of benzene rings is 3. The first-order valence-corrected chi connectivity index (χ1v) is 9.89. The first-order valence-electron chi connectivity index (χ1n) is 9.89. The predicted molar refractivity (Wildman–Crippen MR) is 119 cm³/mol. The van der Waals surface area contributed by atoms with Crippen LogP contribution in [-0.4, -0.2) is 19.9 Å². The van der Waals surface area contributed by atoms with Crippen LogP contribution in [0, 0.1) is 0 Å². The fourth-order valence-electron chi connectivity index (χ4n) is 4.12. The van der Waals surface area contributed by atoms with Gasteiger partial charge in [0, 0.05) is 12.5 Å². The molecule has 0 saturated carbocycles. The molecule has 0 spiro atoms. The van der Waals surface area contributed by atoms with Gasteiger partial charge in [0.2, 0.25) is 0 Å². The first-order chi connectivity index (χ1) is 14.8. The zero-order chi connectivity index (χ0) is 20.5. The van der Waals surface area contributed by atoms with Crippen molar-refractivity contribution in [3.8, 4) is 11.5 Å². The van der Waals surface area contributed by atoms with Crippen LogP contribution in [-0.2, 0) is 0 Å². The van der Waals surface area contributed by atoms with Gasteiger partial charge in [0.1, 0.15) is 17.1 Å². The number of hydrazone groups is 1. The molecule has 0 bridgehead atoms. The lowest BCUT2D eigenvalue weighted by Gasteiger charge is -2.23. The van der Waals surface area contributed by atoms with Gasteiger partial charge in [0.15, 0.2) is 0 Å². The predicted octanol–water partition coefficient (Wildman–Crippen LogP) is 5.81. The average molecular weight is 398 g/mol. The number of anilines is 1. The molecule has 30 heavy (non-hydrogen) atoms. The molecule has 0 radical (unpaired) electrons. The van der Waals surface area contributed by atoms with Gasteiger partial charge in [0.05, 0.1) is 48.9 Å². The molecule has 1 aliphatic rings. The third kappa shape index (κ3) is 2.99. The molecule has 4 aromatic rings. The number of methoxy groups -OCH3 is 2. The van der Waals surface area contributed by atoms with Crippen molar-refractivity contribution < 1.29 is 13.9 Å². The number of hydrogen-bond donors (Lipinski definition) is 0. The van der Waals surface area contributed by atoms with E-state index in [2.05, 4.69) is 41.4 Å². The van der Waals surface area contributed by atoms with Crippen LogP contribution < -0.4 is 14.5 Å². The molecule has 0 saturated heterocycles. The van der Waals surface area contributed by atoms with Gasteiger partial charge in [-0.25, -0.2) is 0 Å². The summed E-state index contributed by atoms with van der Waals surface area (Å²) >= 11 is 0. The Morgan fingerprint density at radius 3 is 2.37 bits per heavy atom. The Hall–Kier alpha value is -3.73. The van der Waals surface area contributed by atoms with E-state index < -0.39 is 0 Å². The summed E-state index contributed by atoms with van der Waals surface area (Å²) < 4.78 is 17.1. The molecule has 150 valence electrons. The van der Waals surface area contributed by atoms with Crippen LogP contribution in [0.2, 0.25) is 0 Å². The molecule has 5 heteroatoms. The third-order valence-corrected chi connectivity index (χ3v) is 5.50. The Balaban J connectivity index is 1.68. The minimum atomic E-state index is 0.0815. The monoisotopic (exact) mass is 398 g/mol. The number of rotatable bonds is 5. The lowest BCUT2D eigenvalue weighted by atomic mass is 9.96. The third-order valence-electron chi connectivity index (χ3n) is 5.50. The molecule has 0 N–H and O–H groups in total. The van der Waals surface area contributed by atoms with E-state index in [0.29, 0.717) is 5.75 Å². The summed E-state index contributed by atoms with van der Waals surface area (Å²) in [5.41, 5.74) is 4.77. The van der Waals surface area contributed by atoms with Gasteiger partial charge in [0.25, 0.3) is 0 Å². The highest BCUT2D eigenvalue weighted by molar-refractivity contribution is 6.11. The minimum Gasteiger partial charge on any atom is -0.496 e. The first kappa shape index (κ1) is 18.3. The topological polar surface area (TPSA) is 47.2 Å². The SMILES string of the molecule is COc1cc2occc2c(OC)c1C1=NN(c2ccccc2)[C@@H](c2ccccc2)C1. The lowest BCUT2D eigenvalue weighted by molar-refractivity contribution is 0.395. The quantitative estimate of drug-likeness (QED) is 0.426. The van der Waals surface area contributed by atoms with Crippen LogP contribution >= 0.6 is 0 Å². The van der Waals surface area contributed by atoms with Crippen molar-refractivity contribution in [1.82, 2.24) is 0 Å². The zero-order valence-corrected chi connectivity index (χ0v) is 16.9. The number of para-hydroxylation sites is 1. The largest absolute Gasteiger partial charge is 0.496 e. The fraction of sp³-hybridized carbons (Fsp3) is 0.160. The molecule has 0 fully saturated rings. The van der Waals surface area contributed by atoms with Gasteiger partial charge in [-0.1, -0.05) is 48.5 Å². The summed E-state index contributed by atoms with van der Waals surface area (Å²) in [6.45, 7) is 0. The van der Waals surface area contributed by atoms with E-state index in [1.54, 1.807) is 20.5 Å². The zero-order valence-electron chi connectivity index (χ0n) is 16.9. The summed E-state index contributed by atoms with van der Waals surface area (Å²) in [6.07, 6.45) is 2.39. The van der Waals surface area contributed by atoms with Crippen LogP contribution in [0.4, 0.5) is 5.69 Å². The second-order valence-corrected chi connectivity index (χ2v) is 7.18. The highest BCUT2D eigenvalue weighted by Gasteiger charge is 2.33. The van der Waals surface area contributed by atoms with Crippen LogP contribution in [0.15, 0.2) is 88.6 Å². The lowest BCUT2D eigenvalue weighted by Crippen LogP contribution is -2.18. The van der Waals surface area contributed by atoms with E-state index in [9.17, 15) is 0 Å². The van der Waals surface area contributed by atoms with E-state index in [1.807, 2.05) is 36.4 Å². The molecule has 1 aromatic heterocycles. The summed E-state index contributed by atoms with van der Waals surface area (Å²) in [6, 6.07) is 24.6. The van der Waals surface area contributed by atoms with E-state index >= 15 is 0 Å². The summed E-state index contributed by atoms with van der Waals surface area (Å²) in [5, 5.41) is 8.05. The van der Waals surface area contributed by atoms with E-state index in [0.717, 1.165) is 40.1 Å². The van der Waals surface area contributed by atoms with Crippen molar-refractivity contribution in [1.29, 1.82) is 0 Å². The molecule has 1 atom stereocenters. The van der Waals surface area contributed by atoms with Crippen LogP contribution in [0.3, 0.4) is 0 Å². The highest BCUT2D eigenvalue weighted by Crippen LogP contribution is 2.43. The molecular formula is C25H22N2O3. The molecule has 0 unspecified atom stereocenters. The van der Waals surface area contributed by atoms with Crippen molar-refractivity contribution in [2.45, 2.75) is 12.5 Å². The number of furan rings is 1. The van der Waals surface area contributed by atoms with E-state index in [4.69, 9.17) is 19.0 Å². The Kier molecular flexibility index (Phi) is 4.64. The van der Waals surface area contributed by atoms with Gasteiger partial charge in [-0.3, -0.25) is 5.01 Å². The minimum absolute atomic E-state index is 0.0815. The Labute approximate surface area is 175 Å². The van der Waals surface area contributed by atoms with Crippen molar-refractivity contribution in [2.75, 3.05) is 19.2 Å². The molecule has 5 rings (SSSR count). The Bertz CT molecular complexity index is 1200. The maximum absolute atomic E-state index is 5.81. The van der Waals surface area contributed by atoms with Crippen molar-refractivity contribution in [3.05, 3.63) is 90.2 Å². The molecule has 5 nitrogen and oxygen atoms in total. The van der Waals surface area contributed by atoms with Crippen molar-refractivity contribution in [2.24, 2.45) is 5.10 Å². The van der Waals surface area contributed by atoms with Gasteiger partial charge >= 0.3 is 0 Å². The summed E-state index contributed by atoms with van der Waals surface area (Å²) in [4.78, 5) is 0. The molecular weight excluding hydrogens is 376 g/mol. The maximum Gasteiger partial charge on any atom is 0.142 e. The molecule has 2 heterocycles. The number of fused-ring (bicyclic) bond motifs is 1. The summed E-state index contributed by atoms with van der Waals surface area (Å²) in [5.74, 6) is 1.41. The molecule has 0 amide bonds. The van der Waals surface area contributed by atoms with Gasteiger partial charge in [-0.15, -0.1) is 0 Å². The van der Waals surface area contributed by atoms with E-state index in [-0.39, 0.29) is 6.04 Å².